The van der Waals surface area contributed by atoms with Gasteiger partial charge in [-0.2, -0.15) is 0 Å². The number of nitro groups is 3. The van der Waals surface area contributed by atoms with E-state index in [4.69, 9.17) is 5.53 Å². The summed E-state index contributed by atoms with van der Waals surface area (Å²) in [6, 6.07) is 0. The van der Waals surface area contributed by atoms with Crippen LogP contribution in [-0.2, 0) is 0 Å². The summed E-state index contributed by atoms with van der Waals surface area (Å²) in [6.45, 7) is -2.77. The van der Waals surface area contributed by atoms with Crippen molar-refractivity contribution in [2.45, 2.75) is 5.54 Å². The second-order valence-electron chi connectivity index (χ2n) is 3.82. The monoisotopic (exact) mass is 276 g/mol. The lowest BCUT2D eigenvalue weighted by atomic mass is 9.98. The molecule has 1 rings (SSSR count). The van der Waals surface area contributed by atoms with E-state index in [1.165, 1.54) is 0 Å². The number of hydrogen-bond acceptors (Lipinski definition) is 7. The molecule has 14 heteroatoms. The molecule has 104 valence electrons. The minimum Gasteiger partial charge on any atom is -0.264 e. The van der Waals surface area contributed by atoms with Crippen LogP contribution < -0.4 is 0 Å². The molecule has 0 aromatic carbocycles. The Balaban J connectivity index is 3.12. The van der Waals surface area contributed by atoms with Gasteiger partial charge >= 0.3 is 0 Å². The van der Waals surface area contributed by atoms with Crippen molar-refractivity contribution in [1.82, 2.24) is 10.0 Å². The molecule has 1 aliphatic heterocycles. The van der Waals surface area contributed by atoms with E-state index in [1.807, 2.05) is 0 Å². The summed E-state index contributed by atoms with van der Waals surface area (Å²) < 4.78 is 0. The first-order valence-electron chi connectivity index (χ1n) is 4.76. The molecule has 0 aromatic rings. The molecule has 0 N–H and O–H groups in total. The van der Waals surface area contributed by atoms with Crippen LogP contribution in [0.25, 0.3) is 10.4 Å². The fourth-order valence-electron chi connectivity index (χ4n) is 1.67. The molecule has 0 atom stereocenters. The van der Waals surface area contributed by atoms with Crippen LogP contribution in [0.1, 0.15) is 0 Å². The van der Waals surface area contributed by atoms with Gasteiger partial charge in [0.2, 0.25) is 6.67 Å². The first kappa shape index (κ1) is 14.2. The summed E-state index contributed by atoms with van der Waals surface area (Å²) in [5.41, 5.74) is 6.09. The van der Waals surface area contributed by atoms with Crippen LogP contribution in [-0.4, -0.2) is 56.8 Å². The number of hydrogen-bond donors (Lipinski definition) is 0. The Morgan fingerprint density at radius 3 is 1.95 bits per heavy atom. The largest absolute Gasteiger partial charge is 0.273 e. The van der Waals surface area contributed by atoms with E-state index in [-0.39, 0.29) is 0 Å². The summed E-state index contributed by atoms with van der Waals surface area (Å²) >= 11 is 0. The van der Waals surface area contributed by atoms with Gasteiger partial charge in [-0.15, -0.1) is 0 Å². The molecule has 1 fully saturated rings. The lowest BCUT2D eigenvalue weighted by Crippen LogP contribution is -2.66. The first-order chi connectivity index (χ1) is 8.82. The lowest BCUT2D eigenvalue weighted by Gasteiger charge is -2.33. The second-order valence-corrected chi connectivity index (χ2v) is 3.82. The Morgan fingerprint density at radius 1 is 1.16 bits per heavy atom. The third-order valence-corrected chi connectivity index (χ3v) is 2.56. The molecule has 1 heterocycles. The number of rotatable bonds is 5. The molecule has 0 bridgehead atoms. The summed E-state index contributed by atoms with van der Waals surface area (Å²) in [4.78, 5) is 33.8. The predicted molar refractivity (Wildman–Crippen MR) is 56.0 cm³/mol. The molecule has 1 aliphatic rings. The van der Waals surface area contributed by atoms with Crippen LogP contribution in [0.5, 0.6) is 0 Å². The highest BCUT2D eigenvalue weighted by Crippen LogP contribution is 2.21. The Hall–Kier alpha value is -2.89. The minimum absolute atomic E-state index is 0.335. The van der Waals surface area contributed by atoms with E-state index in [0.717, 1.165) is 0 Å². The van der Waals surface area contributed by atoms with E-state index >= 15 is 0 Å². The molecule has 19 heavy (non-hydrogen) atoms. The average molecular weight is 276 g/mol. The van der Waals surface area contributed by atoms with Gasteiger partial charge in [0.25, 0.3) is 5.54 Å². The first-order valence-corrected chi connectivity index (χ1v) is 4.76. The molecule has 0 amide bonds. The van der Waals surface area contributed by atoms with Crippen LogP contribution >= 0.6 is 0 Å². The Bertz CT molecular complexity index is 437. The summed E-state index contributed by atoms with van der Waals surface area (Å²) in [7, 11) is 0. The summed E-state index contributed by atoms with van der Waals surface area (Å²) in [5.74, 6) is 0. The van der Waals surface area contributed by atoms with Gasteiger partial charge in [0, 0.05) is 9.84 Å². The maximum atomic E-state index is 11.0. The standard InChI is InChI=1S/C5H8N8O6/c6-8-7-1-5(11(14)15)2-9(12(16)17)4-10(3-5)13(18)19/h1-4H2. The smallest absolute Gasteiger partial charge is 0.264 e. The third-order valence-electron chi connectivity index (χ3n) is 2.56. The van der Waals surface area contributed by atoms with Gasteiger partial charge in [-0.05, 0) is 5.53 Å². The zero-order valence-corrected chi connectivity index (χ0v) is 9.36. The number of nitrogens with zero attached hydrogens (tertiary/aromatic N) is 8. The molecule has 0 aromatic heterocycles. The van der Waals surface area contributed by atoms with Crippen LogP contribution in [0.4, 0.5) is 0 Å². The van der Waals surface area contributed by atoms with Crippen LogP contribution in [0.3, 0.4) is 0 Å². The zero-order valence-electron chi connectivity index (χ0n) is 9.36. The highest BCUT2D eigenvalue weighted by molar-refractivity contribution is 4.89. The number of hydrazine groups is 2. The van der Waals surface area contributed by atoms with E-state index < -0.39 is 46.8 Å². The third kappa shape index (κ3) is 2.86. The summed E-state index contributed by atoms with van der Waals surface area (Å²) in [5, 5.41) is 34.1. The Morgan fingerprint density at radius 2 is 1.63 bits per heavy atom. The second kappa shape index (κ2) is 5.18. The normalized spacial score (nSPS) is 17.5. The molecule has 14 nitrogen and oxygen atoms in total. The molecular formula is C5H8N8O6. The van der Waals surface area contributed by atoms with E-state index in [2.05, 4.69) is 10.0 Å². The lowest BCUT2D eigenvalue weighted by molar-refractivity contribution is -0.743. The SMILES string of the molecule is [N-]=[N+]=NCC1([N+](=O)[O-])CN([N+](=O)[O-])CN([N+](=O)[O-])C1. The zero-order chi connectivity index (χ0) is 14.6. The van der Waals surface area contributed by atoms with Crippen molar-refractivity contribution in [3.63, 3.8) is 0 Å². The average Bonchev–Trinajstić information content (AvgIpc) is 2.35. The number of azide groups is 1. The van der Waals surface area contributed by atoms with E-state index in [1.54, 1.807) is 0 Å². The molecular weight excluding hydrogens is 268 g/mol. The van der Waals surface area contributed by atoms with Gasteiger partial charge in [-0.25, -0.2) is 20.2 Å². The van der Waals surface area contributed by atoms with Gasteiger partial charge < -0.3 is 0 Å². The maximum Gasteiger partial charge on any atom is 0.273 e. The quantitative estimate of drug-likeness (QED) is 0.206. The van der Waals surface area contributed by atoms with Crippen molar-refractivity contribution in [2.24, 2.45) is 5.11 Å². The van der Waals surface area contributed by atoms with E-state index in [0.29, 0.717) is 10.0 Å². The fourth-order valence-corrected chi connectivity index (χ4v) is 1.67. The van der Waals surface area contributed by atoms with Gasteiger partial charge in [0.1, 0.15) is 6.54 Å². The fraction of sp³-hybridized carbons (Fsp3) is 1.00. The highest BCUT2D eigenvalue weighted by atomic mass is 16.7. The highest BCUT2D eigenvalue weighted by Gasteiger charge is 2.55. The molecule has 0 saturated carbocycles. The van der Waals surface area contributed by atoms with Crippen molar-refractivity contribution >= 4 is 0 Å². The van der Waals surface area contributed by atoms with E-state index in [9.17, 15) is 30.3 Å². The van der Waals surface area contributed by atoms with Crippen molar-refractivity contribution in [1.29, 1.82) is 0 Å². The van der Waals surface area contributed by atoms with Crippen LogP contribution in [0, 0.1) is 30.3 Å². The predicted octanol–water partition coefficient (Wildman–Crippen LogP) is -0.729. The topological polar surface area (TPSA) is 185 Å². The summed E-state index contributed by atoms with van der Waals surface area (Å²) in [6.07, 6.45) is 0. The van der Waals surface area contributed by atoms with Crippen LogP contribution in [0.2, 0.25) is 0 Å². The van der Waals surface area contributed by atoms with Crippen molar-refractivity contribution in [2.75, 3.05) is 26.3 Å². The molecule has 0 radical (unpaired) electrons. The molecule has 0 spiro atoms. The van der Waals surface area contributed by atoms with Crippen molar-refractivity contribution < 1.29 is 15.0 Å². The van der Waals surface area contributed by atoms with Crippen molar-refractivity contribution in [3.05, 3.63) is 40.8 Å². The molecule has 0 aliphatic carbocycles. The van der Waals surface area contributed by atoms with Gasteiger partial charge in [-0.3, -0.25) is 10.1 Å². The molecule has 1 saturated heterocycles. The minimum atomic E-state index is -2.09. The van der Waals surface area contributed by atoms with Gasteiger partial charge in [-0.1, -0.05) is 15.1 Å². The Kier molecular flexibility index (Phi) is 3.86. The van der Waals surface area contributed by atoms with Gasteiger partial charge in [0.15, 0.2) is 23.2 Å². The van der Waals surface area contributed by atoms with Crippen molar-refractivity contribution in [3.8, 4) is 0 Å². The van der Waals surface area contributed by atoms with Gasteiger partial charge in [0.05, 0.1) is 0 Å². The molecule has 0 unspecified atom stereocenters. The van der Waals surface area contributed by atoms with Crippen LogP contribution in [0.15, 0.2) is 5.11 Å². The maximum absolute atomic E-state index is 11.0. The Labute approximate surface area is 104 Å².